The molecule has 0 atom stereocenters. The van der Waals surface area contributed by atoms with Gasteiger partial charge in [-0.2, -0.15) is 5.10 Å². The highest BCUT2D eigenvalue weighted by atomic mass is 16.5. The molecule has 2 aliphatic rings. The summed E-state index contributed by atoms with van der Waals surface area (Å²) >= 11 is 0. The van der Waals surface area contributed by atoms with Crippen LogP contribution in [0.1, 0.15) is 30.0 Å². The first kappa shape index (κ1) is 21.7. The Bertz CT molecular complexity index is 1070. The number of aromatic nitrogens is 2. The van der Waals surface area contributed by atoms with E-state index < -0.39 is 0 Å². The highest BCUT2D eigenvalue weighted by Crippen LogP contribution is 2.40. The summed E-state index contributed by atoms with van der Waals surface area (Å²) in [7, 11) is 1.69. The van der Waals surface area contributed by atoms with Gasteiger partial charge in [-0.25, -0.2) is 4.68 Å². The normalized spacial score (nSPS) is 17.1. The highest BCUT2D eigenvalue weighted by Gasteiger charge is 2.28. The first-order valence-electron chi connectivity index (χ1n) is 11.7. The number of amides is 1. The van der Waals surface area contributed by atoms with Crippen LogP contribution in [0.5, 0.6) is 5.75 Å². The third-order valence-electron chi connectivity index (χ3n) is 6.39. The maximum absolute atomic E-state index is 12.9. The molecule has 3 aromatic rings. The van der Waals surface area contributed by atoms with Crippen LogP contribution >= 0.6 is 0 Å². The smallest absolute Gasteiger partial charge is 0.239 e. The zero-order valence-corrected chi connectivity index (χ0v) is 19.1. The van der Waals surface area contributed by atoms with Gasteiger partial charge >= 0.3 is 0 Å². The van der Waals surface area contributed by atoms with Crippen LogP contribution in [-0.2, 0) is 11.3 Å². The third-order valence-corrected chi connectivity index (χ3v) is 6.39. The number of methoxy groups -OCH3 is 1. The van der Waals surface area contributed by atoms with Gasteiger partial charge in [0.2, 0.25) is 5.91 Å². The van der Waals surface area contributed by atoms with Crippen molar-refractivity contribution in [3.63, 3.8) is 0 Å². The molecule has 2 fully saturated rings. The largest absolute Gasteiger partial charge is 0.497 e. The highest BCUT2D eigenvalue weighted by molar-refractivity contribution is 5.91. The van der Waals surface area contributed by atoms with Gasteiger partial charge in [-0.3, -0.25) is 14.6 Å². The second-order valence-corrected chi connectivity index (χ2v) is 8.92. The molecule has 1 amide bonds. The molecule has 172 valence electrons. The summed E-state index contributed by atoms with van der Waals surface area (Å²) in [5.41, 5.74) is 3.32. The quantitative estimate of drug-likeness (QED) is 0.575. The second-order valence-electron chi connectivity index (χ2n) is 8.92. The number of piperazine rings is 1. The molecule has 7 nitrogen and oxygen atoms in total. The van der Waals surface area contributed by atoms with Gasteiger partial charge in [0, 0.05) is 44.7 Å². The van der Waals surface area contributed by atoms with E-state index in [1.54, 1.807) is 7.11 Å². The minimum Gasteiger partial charge on any atom is -0.497 e. The van der Waals surface area contributed by atoms with Crippen LogP contribution in [0.4, 0.5) is 5.82 Å². The Kier molecular flexibility index (Phi) is 6.41. The van der Waals surface area contributed by atoms with E-state index in [4.69, 9.17) is 9.84 Å². The van der Waals surface area contributed by atoms with Crippen molar-refractivity contribution < 1.29 is 9.53 Å². The Morgan fingerprint density at radius 2 is 1.70 bits per heavy atom. The molecule has 33 heavy (non-hydrogen) atoms. The van der Waals surface area contributed by atoms with Crippen LogP contribution in [-0.4, -0.2) is 65.3 Å². The molecule has 1 aliphatic carbocycles. The van der Waals surface area contributed by atoms with E-state index in [9.17, 15) is 4.79 Å². The Balaban J connectivity index is 1.15. The number of ether oxygens (including phenoxy) is 1. The minimum atomic E-state index is 0.0121. The number of para-hydroxylation sites is 1. The van der Waals surface area contributed by atoms with Crippen molar-refractivity contribution in [2.75, 3.05) is 45.2 Å². The number of hydrogen-bond donors (Lipinski definition) is 1. The molecule has 1 saturated carbocycles. The fraction of sp³-hybridized carbons (Fsp3) is 0.385. The summed E-state index contributed by atoms with van der Waals surface area (Å²) in [6.45, 7) is 4.99. The molecular formula is C26H31N5O2. The monoisotopic (exact) mass is 445 g/mol. The van der Waals surface area contributed by atoms with Crippen molar-refractivity contribution in [3.8, 4) is 11.4 Å². The van der Waals surface area contributed by atoms with E-state index >= 15 is 0 Å². The van der Waals surface area contributed by atoms with Crippen LogP contribution in [0.2, 0.25) is 0 Å². The molecule has 1 N–H and O–H groups in total. The van der Waals surface area contributed by atoms with Crippen LogP contribution in [0.15, 0.2) is 60.7 Å². The maximum Gasteiger partial charge on any atom is 0.239 e. The zero-order valence-electron chi connectivity index (χ0n) is 19.1. The summed E-state index contributed by atoms with van der Waals surface area (Å²) in [5, 5.41) is 7.89. The number of rotatable bonds is 8. The molecule has 2 aromatic carbocycles. The molecule has 0 unspecified atom stereocenters. The lowest BCUT2D eigenvalue weighted by molar-refractivity contribution is -0.117. The number of carbonyl (C=O) groups is 1. The number of hydrogen-bond acceptors (Lipinski definition) is 5. The standard InChI is InChI=1S/C26H31N5O2/c1-33-23-11-7-20(8-12-23)18-29-13-15-30(16-14-29)19-26(32)27-25-17-24(21-9-10-21)28-31(25)22-5-3-2-4-6-22/h2-8,11-12,17,21H,9-10,13-16,18-19H2,1H3,(H,27,32). The van der Waals surface area contributed by atoms with E-state index in [2.05, 4.69) is 27.2 Å². The topological polar surface area (TPSA) is 62.6 Å². The van der Waals surface area contributed by atoms with E-state index in [1.807, 2.05) is 53.2 Å². The lowest BCUT2D eigenvalue weighted by Crippen LogP contribution is -2.48. The van der Waals surface area contributed by atoms with Gasteiger partial charge in [0.15, 0.2) is 0 Å². The molecule has 5 rings (SSSR count). The van der Waals surface area contributed by atoms with E-state index in [0.29, 0.717) is 12.5 Å². The van der Waals surface area contributed by atoms with Crippen LogP contribution in [0, 0.1) is 0 Å². The lowest BCUT2D eigenvalue weighted by atomic mass is 10.2. The minimum absolute atomic E-state index is 0.0121. The first-order valence-corrected chi connectivity index (χ1v) is 11.7. The van der Waals surface area contributed by atoms with Gasteiger partial charge in [-0.15, -0.1) is 0 Å². The van der Waals surface area contributed by atoms with E-state index in [1.165, 1.54) is 18.4 Å². The van der Waals surface area contributed by atoms with Crippen LogP contribution in [0.3, 0.4) is 0 Å². The Morgan fingerprint density at radius 3 is 2.36 bits per heavy atom. The molecule has 1 aliphatic heterocycles. The second kappa shape index (κ2) is 9.77. The SMILES string of the molecule is COc1ccc(CN2CCN(CC(=O)Nc3cc(C4CC4)nn3-c3ccccc3)CC2)cc1. The van der Waals surface area contributed by atoms with Gasteiger partial charge < -0.3 is 10.1 Å². The predicted octanol–water partition coefficient (Wildman–Crippen LogP) is 3.51. The Morgan fingerprint density at radius 1 is 1.00 bits per heavy atom. The molecule has 0 bridgehead atoms. The number of carbonyl (C=O) groups excluding carboxylic acids is 1. The fourth-order valence-electron chi connectivity index (χ4n) is 4.31. The molecular weight excluding hydrogens is 414 g/mol. The summed E-state index contributed by atoms with van der Waals surface area (Å²) in [6.07, 6.45) is 2.36. The summed E-state index contributed by atoms with van der Waals surface area (Å²) in [6, 6.07) is 20.3. The van der Waals surface area contributed by atoms with Crippen LogP contribution in [0.25, 0.3) is 5.69 Å². The molecule has 0 radical (unpaired) electrons. The van der Waals surface area contributed by atoms with Gasteiger partial charge in [-0.05, 0) is 42.7 Å². The van der Waals surface area contributed by atoms with Gasteiger partial charge in [0.05, 0.1) is 25.0 Å². The maximum atomic E-state index is 12.9. The van der Waals surface area contributed by atoms with E-state index in [-0.39, 0.29) is 5.91 Å². The summed E-state index contributed by atoms with van der Waals surface area (Å²) in [5.74, 6) is 2.18. The van der Waals surface area contributed by atoms with Crippen molar-refractivity contribution in [2.24, 2.45) is 0 Å². The Hall–Kier alpha value is -3.16. The van der Waals surface area contributed by atoms with Gasteiger partial charge in [0.25, 0.3) is 0 Å². The van der Waals surface area contributed by atoms with E-state index in [0.717, 1.165) is 55.7 Å². The summed E-state index contributed by atoms with van der Waals surface area (Å²) < 4.78 is 7.10. The van der Waals surface area contributed by atoms with Gasteiger partial charge in [-0.1, -0.05) is 30.3 Å². The molecule has 7 heteroatoms. The van der Waals surface area contributed by atoms with Crippen molar-refractivity contribution >= 4 is 11.7 Å². The van der Waals surface area contributed by atoms with Crippen LogP contribution < -0.4 is 10.1 Å². The predicted molar refractivity (Wildman–Crippen MR) is 129 cm³/mol. The number of anilines is 1. The first-order chi connectivity index (χ1) is 16.2. The average molecular weight is 446 g/mol. The van der Waals surface area contributed by atoms with Crippen molar-refractivity contribution in [1.29, 1.82) is 0 Å². The molecule has 0 spiro atoms. The van der Waals surface area contributed by atoms with Crippen molar-refractivity contribution in [3.05, 3.63) is 71.9 Å². The molecule has 1 aromatic heterocycles. The number of nitrogens with one attached hydrogen (secondary N) is 1. The fourth-order valence-corrected chi connectivity index (χ4v) is 4.31. The van der Waals surface area contributed by atoms with Gasteiger partial charge in [0.1, 0.15) is 11.6 Å². The lowest BCUT2D eigenvalue weighted by Gasteiger charge is -2.34. The molecule has 1 saturated heterocycles. The number of nitrogens with zero attached hydrogens (tertiary/aromatic N) is 4. The van der Waals surface area contributed by atoms with Crippen molar-refractivity contribution in [2.45, 2.75) is 25.3 Å². The molecule has 2 heterocycles. The zero-order chi connectivity index (χ0) is 22.6. The average Bonchev–Trinajstić information content (AvgIpc) is 3.62. The third kappa shape index (κ3) is 5.43. The van der Waals surface area contributed by atoms with Crippen molar-refractivity contribution in [1.82, 2.24) is 19.6 Å². The summed E-state index contributed by atoms with van der Waals surface area (Å²) in [4.78, 5) is 17.5. The Labute approximate surface area is 195 Å². The number of benzene rings is 2.